The third-order valence-corrected chi connectivity index (χ3v) is 5.80. The zero-order chi connectivity index (χ0) is 20.9. The molecule has 1 aliphatic heterocycles. The number of carbonyl (C=O) groups is 1. The number of hydrogen-bond donors (Lipinski definition) is 0. The number of carbonyl (C=O) groups excluding carboxylic acids is 1. The molecule has 5 heteroatoms. The number of ether oxygens (including phenoxy) is 1. The number of halogens is 1. The number of hydrogen-bond acceptors (Lipinski definition) is 4. The summed E-state index contributed by atoms with van der Waals surface area (Å²) in [5.41, 5.74) is 1.87. The van der Waals surface area contributed by atoms with E-state index in [9.17, 15) is 9.18 Å². The molecule has 1 saturated heterocycles. The molecule has 0 amide bonds. The molecular formula is C25H27FN2O2. The molecule has 3 aromatic rings. The zero-order valence-electron chi connectivity index (χ0n) is 17.3. The summed E-state index contributed by atoms with van der Waals surface area (Å²) >= 11 is 0. The van der Waals surface area contributed by atoms with E-state index < -0.39 is 0 Å². The number of aromatic nitrogens is 1. The Bertz CT molecular complexity index is 1000. The van der Waals surface area contributed by atoms with Crippen molar-refractivity contribution in [1.29, 1.82) is 0 Å². The van der Waals surface area contributed by atoms with Crippen LogP contribution in [0.3, 0.4) is 0 Å². The molecule has 1 aliphatic rings. The highest BCUT2D eigenvalue weighted by Gasteiger charge is 2.28. The summed E-state index contributed by atoms with van der Waals surface area (Å²) in [7, 11) is 0. The maximum Gasteiger partial charge on any atom is 0.145 e. The van der Waals surface area contributed by atoms with E-state index in [0.717, 1.165) is 48.1 Å². The Morgan fingerprint density at radius 3 is 2.80 bits per heavy atom. The predicted octanol–water partition coefficient (Wildman–Crippen LogP) is 5.19. The number of pyridine rings is 1. The summed E-state index contributed by atoms with van der Waals surface area (Å²) in [4.78, 5) is 18.7. The second kappa shape index (κ2) is 9.35. The Hall–Kier alpha value is -2.79. The number of fused-ring (bicyclic) bond motifs is 1. The summed E-state index contributed by atoms with van der Waals surface area (Å²) in [5, 5.41) is 1.07. The van der Waals surface area contributed by atoms with E-state index in [4.69, 9.17) is 4.74 Å². The third kappa shape index (κ3) is 4.85. The van der Waals surface area contributed by atoms with Crippen LogP contribution in [-0.4, -0.2) is 35.4 Å². The number of likely N-dealkylation sites (tertiary alicyclic amines) is 1. The lowest BCUT2D eigenvalue weighted by Crippen LogP contribution is -2.40. The van der Waals surface area contributed by atoms with Gasteiger partial charge in [-0.1, -0.05) is 30.3 Å². The lowest BCUT2D eigenvalue weighted by molar-refractivity contribution is -0.118. The number of nitrogens with zero attached hydrogens (tertiary/aromatic N) is 2. The average Bonchev–Trinajstić information content (AvgIpc) is 2.77. The van der Waals surface area contributed by atoms with E-state index in [1.165, 1.54) is 12.1 Å². The quantitative estimate of drug-likeness (QED) is 0.542. The summed E-state index contributed by atoms with van der Waals surface area (Å²) in [6.07, 6.45) is 4.36. The van der Waals surface area contributed by atoms with Gasteiger partial charge in [0.2, 0.25) is 0 Å². The van der Waals surface area contributed by atoms with Crippen molar-refractivity contribution in [2.45, 2.75) is 32.2 Å². The van der Waals surface area contributed by atoms with Crippen molar-refractivity contribution < 1.29 is 13.9 Å². The molecule has 0 radical (unpaired) electrons. The minimum absolute atomic E-state index is 0.0230. The molecule has 1 fully saturated rings. The first-order valence-corrected chi connectivity index (χ1v) is 10.6. The van der Waals surface area contributed by atoms with Crippen LogP contribution >= 0.6 is 0 Å². The zero-order valence-corrected chi connectivity index (χ0v) is 17.3. The highest BCUT2D eigenvalue weighted by atomic mass is 19.1. The van der Waals surface area contributed by atoms with Gasteiger partial charge in [0, 0.05) is 36.5 Å². The molecule has 156 valence electrons. The average molecular weight is 407 g/mol. The van der Waals surface area contributed by atoms with Crippen molar-refractivity contribution in [2.24, 2.45) is 5.92 Å². The molecule has 4 rings (SSSR count). The number of piperidine rings is 1. The van der Waals surface area contributed by atoms with Crippen LogP contribution in [-0.2, 0) is 4.79 Å². The minimum atomic E-state index is -0.256. The standard InChI is InChI=1S/C25H27FN2O2/c1-18(29)15-23(20-9-11-22(26)12-10-20)28-14-4-5-19(16-28)17-30-24-8-2-6-21-7-3-13-27-25(21)24/h2-3,6-13,19,23H,4-5,14-17H2,1H3. The van der Waals surface area contributed by atoms with Crippen LogP contribution in [0, 0.1) is 11.7 Å². The van der Waals surface area contributed by atoms with Gasteiger partial charge in [-0.05, 0) is 56.1 Å². The smallest absolute Gasteiger partial charge is 0.145 e. The maximum absolute atomic E-state index is 13.4. The predicted molar refractivity (Wildman–Crippen MR) is 116 cm³/mol. The SMILES string of the molecule is CC(=O)CC(c1ccc(F)cc1)N1CCCC(COc2cccc3cccnc23)C1. The third-order valence-electron chi connectivity index (χ3n) is 5.80. The second-order valence-corrected chi connectivity index (χ2v) is 8.12. The second-order valence-electron chi connectivity index (χ2n) is 8.12. The molecule has 0 N–H and O–H groups in total. The lowest BCUT2D eigenvalue weighted by atomic mass is 9.93. The van der Waals surface area contributed by atoms with Crippen LogP contribution in [0.25, 0.3) is 10.9 Å². The number of Topliss-reactive ketones (excluding diaryl/α,β-unsaturated/α-hetero) is 1. The fourth-order valence-corrected chi connectivity index (χ4v) is 4.33. The van der Waals surface area contributed by atoms with Crippen LogP contribution in [0.4, 0.5) is 4.39 Å². The fraction of sp³-hybridized carbons (Fsp3) is 0.360. The van der Waals surface area contributed by atoms with E-state index >= 15 is 0 Å². The molecule has 2 unspecified atom stereocenters. The number of benzene rings is 2. The summed E-state index contributed by atoms with van der Waals surface area (Å²) in [5.74, 6) is 1.06. The Morgan fingerprint density at radius 1 is 1.20 bits per heavy atom. The summed E-state index contributed by atoms with van der Waals surface area (Å²) < 4.78 is 19.6. The number of rotatable bonds is 7. The first-order valence-electron chi connectivity index (χ1n) is 10.6. The van der Waals surface area contributed by atoms with Gasteiger partial charge < -0.3 is 4.74 Å². The Labute approximate surface area is 176 Å². The summed E-state index contributed by atoms with van der Waals surface area (Å²) in [6.45, 7) is 4.02. The Morgan fingerprint density at radius 2 is 2.00 bits per heavy atom. The van der Waals surface area contributed by atoms with Crippen molar-refractivity contribution in [3.05, 3.63) is 72.2 Å². The van der Waals surface area contributed by atoms with Crippen molar-refractivity contribution >= 4 is 16.7 Å². The topological polar surface area (TPSA) is 42.4 Å². The van der Waals surface area contributed by atoms with Gasteiger partial charge in [0.15, 0.2) is 0 Å². The number of ketones is 1. The largest absolute Gasteiger partial charge is 0.491 e. The summed E-state index contributed by atoms with van der Waals surface area (Å²) in [6, 6.07) is 16.5. The van der Waals surface area contributed by atoms with Gasteiger partial charge in [-0.2, -0.15) is 0 Å². The molecular weight excluding hydrogens is 379 g/mol. The Balaban J connectivity index is 1.46. The number of para-hydroxylation sites is 1. The van der Waals surface area contributed by atoms with E-state index in [-0.39, 0.29) is 17.6 Å². The van der Waals surface area contributed by atoms with Crippen LogP contribution in [0.5, 0.6) is 5.75 Å². The highest BCUT2D eigenvalue weighted by Crippen LogP contribution is 2.31. The lowest BCUT2D eigenvalue weighted by Gasteiger charge is -2.38. The monoisotopic (exact) mass is 406 g/mol. The normalized spacial score (nSPS) is 18.3. The maximum atomic E-state index is 13.4. The van der Waals surface area contributed by atoms with Crippen LogP contribution in [0.15, 0.2) is 60.8 Å². The van der Waals surface area contributed by atoms with Gasteiger partial charge in [-0.25, -0.2) is 4.39 Å². The molecule has 30 heavy (non-hydrogen) atoms. The van der Waals surface area contributed by atoms with Crippen LogP contribution < -0.4 is 4.74 Å². The van der Waals surface area contributed by atoms with E-state index in [0.29, 0.717) is 18.9 Å². The molecule has 4 nitrogen and oxygen atoms in total. The van der Waals surface area contributed by atoms with Gasteiger partial charge in [0.05, 0.1) is 6.61 Å². The van der Waals surface area contributed by atoms with Crippen molar-refractivity contribution in [2.75, 3.05) is 19.7 Å². The van der Waals surface area contributed by atoms with Crippen molar-refractivity contribution in [1.82, 2.24) is 9.88 Å². The first-order chi connectivity index (χ1) is 14.6. The van der Waals surface area contributed by atoms with Crippen molar-refractivity contribution in [3.63, 3.8) is 0 Å². The molecule has 0 spiro atoms. The van der Waals surface area contributed by atoms with E-state index in [2.05, 4.69) is 9.88 Å². The van der Waals surface area contributed by atoms with Crippen molar-refractivity contribution in [3.8, 4) is 5.75 Å². The van der Waals surface area contributed by atoms with Gasteiger partial charge in [-0.3, -0.25) is 14.7 Å². The van der Waals surface area contributed by atoms with Gasteiger partial charge in [0.25, 0.3) is 0 Å². The highest BCUT2D eigenvalue weighted by molar-refractivity contribution is 5.84. The van der Waals surface area contributed by atoms with E-state index in [1.807, 2.05) is 30.3 Å². The molecule has 0 bridgehead atoms. The van der Waals surface area contributed by atoms with Gasteiger partial charge >= 0.3 is 0 Å². The molecule has 2 aromatic carbocycles. The molecule has 0 saturated carbocycles. The first kappa shape index (κ1) is 20.5. The molecule has 2 atom stereocenters. The van der Waals surface area contributed by atoms with E-state index in [1.54, 1.807) is 25.3 Å². The van der Waals surface area contributed by atoms with Crippen LogP contribution in [0.1, 0.15) is 37.8 Å². The molecule has 0 aliphatic carbocycles. The molecule has 2 heterocycles. The van der Waals surface area contributed by atoms with Gasteiger partial charge in [-0.15, -0.1) is 0 Å². The fourth-order valence-electron chi connectivity index (χ4n) is 4.33. The Kier molecular flexibility index (Phi) is 6.38. The van der Waals surface area contributed by atoms with Crippen LogP contribution in [0.2, 0.25) is 0 Å². The minimum Gasteiger partial charge on any atom is -0.491 e. The molecule has 1 aromatic heterocycles. The van der Waals surface area contributed by atoms with Gasteiger partial charge in [0.1, 0.15) is 22.9 Å².